The van der Waals surface area contributed by atoms with Crippen LogP contribution in [0.2, 0.25) is 0 Å². The zero-order chi connectivity index (χ0) is 17.1. The van der Waals surface area contributed by atoms with Gasteiger partial charge in [0.2, 0.25) is 5.88 Å². The Kier molecular flexibility index (Phi) is 6.69. The molecule has 0 saturated heterocycles. The summed E-state index contributed by atoms with van der Waals surface area (Å²) in [5, 5.41) is 7.65. The van der Waals surface area contributed by atoms with Gasteiger partial charge in [-0.15, -0.1) is 24.0 Å². The molecule has 1 aromatic carbocycles. The number of benzene rings is 1. The Labute approximate surface area is 165 Å². The molecular formula is C18H26IN5O. The summed E-state index contributed by atoms with van der Waals surface area (Å²) in [4.78, 5) is 4.46. The summed E-state index contributed by atoms with van der Waals surface area (Å²) in [5.41, 5.74) is 11.9. The molecule has 1 heterocycles. The minimum Gasteiger partial charge on any atom is -0.481 e. The van der Waals surface area contributed by atoms with E-state index in [4.69, 9.17) is 10.5 Å². The van der Waals surface area contributed by atoms with E-state index < -0.39 is 0 Å². The van der Waals surface area contributed by atoms with Crippen molar-refractivity contribution in [1.82, 2.24) is 9.78 Å². The lowest BCUT2D eigenvalue weighted by Gasteiger charge is -2.08. The number of guanidine groups is 1. The molecule has 0 atom stereocenters. The SMILES string of the molecule is CCc1nn(C)c(OC)c1CN=C(N)Nc1ccc2c(c1)CCC2.I. The molecule has 2 aromatic rings. The number of halogens is 1. The highest BCUT2D eigenvalue weighted by atomic mass is 127. The number of hydrogen-bond acceptors (Lipinski definition) is 3. The first-order valence-corrected chi connectivity index (χ1v) is 8.39. The first kappa shape index (κ1) is 19.6. The first-order chi connectivity index (χ1) is 11.6. The molecule has 136 valence electrons. The molecule has 0 fully saturated rings. The van der Waals surface area contributed by atoms with Crippen LogP contribution < -0.4 is 15.8 Å². The van der Waals surface area contributed by atoms with E-state index in [1.165, 1.54) is 24.0 Å². The van der Waals surface area contributed by atoms with Crippen LogP contribution in [0.4, 0.5) is 5.69 Å². The molecule has 7 heteroatoms. The van der Waals surface area contributed by atoms with Crippen molar-refractivity contribution in [3.63, 3.8) is 0 Å². The highest BCUT2D eigenvalue weighted by Gasteiger charge is 2.15. The molecule has 0 saturated carbocycles. The molecule has 25 heavy (non-hydrogen) atoms. The molecule has 0 radical (unpaired) electrons. The summed E-state index contributed by atoms with van der Waals surface area (Å²) in [6.07, 6.45) is 4.40. The van der Waals surface area contributed by atoms with Gasteiger partial charge >= 0.3 is 0 Å². The predicted octanol–water partition coefficient (Wildman–Crippen LogP) is 3.02. The number of anilines is 1. The highest BCUT2D eigenvalue weighted by Crippen LogP contribution is 2.25. The van der Waals surface area contributed by atoms with Crippen LogP contribution in [0.15, 0.2) is 23.2 Å². The number of rotatable bonds is 5. The molecule has 3 rings (SSSR count). The maximum absolute atomic E-state index is 6.06. The van der Waals surface area contributed by atoms with Crippen LogP contribution in [0, 0.1) is 0 Å². The molecule has 1 aliphatic carbocycles. The normalized spacial score (nSPS) is 13.3. The number of methoxy groups -OCH3 is 1. The average molecular weight is 455 g/mol. The van der Waals surface area contributed by atoms with Gasteiger partial charge in [-0.1, -0.05) is 13.0 Å². The van der Waals surface area contributed by atoms with Crippen molar-refractivity contribution in [2.75, 3.05) is 12.4 Å². The Bertz CT molecular complexity index is 769. The second-order valence-electron chi connectivity index (χ2n) is 6.08. The summed E-state index contributed by atoms with van der Waals surface area (Å²) in [5.74, 6) is 1.14. The fourth-order valence-corrected chi connectivity index (χ4v) is 3.31. The van der Waals surface area contributed by atoms with Crippen molar-refractivity contribution in [1.29, 1.82) is 0 Å². The van der Waals surface area contributed by atoms with Gasteiger partial charge in [0.05, 0.1) is 24.9 Å². The minimum absolute atomic E-state index is 0. The van der Waals surface area contributed by atoms with Crippen LogP contribution in [-0.4, -0.2) is 22.8 Å². The van der Waals surface area contributed by atoms with E-state index in [0.717, 1.165) is 35.7 Å². The first-order valence-electron chi connectivity index (χ1n) is 8.39. The van der Waals surface area contributed by atoms with Gasteiger partial charge in [-0.2, -0.15) is 5.10 Å². The number of nitrogens with one attached hydrogen (secondary N) is 1. The second kappa shape index (κ2) is 8.55. The van der Waals surface area contributed by atoms with Crippen molar-refractivity contribution < 1.29 is 4.74 Å². The van der Waals surface area contributed by atoms with Crippen LogP contribution in [0.3, 0.4) is 0 Å². The van der Waals surface area contributed by atoms with Crippen molar-refractivity contribution in [3.8, 4) is 5.88 Å². The largest absolute Gasteiger partial charge is 0.481 e. The smallest absolute Gasteiger partial charge is 0.216 e. The molecule has 0 aliphatic heterocycles. The maximum atomic E-state index is 6.06. The number of aliphatic imine (C=N–C) groups is 1. The topological polar surface area (TPSA) is 77.5 Å². The minimum atomic E-state index is 0. The Balaban J connectivity index is 0.00000225. The van der Waals surface area contributed by atoms with E-state index in [9.17, 15) is 0 Å². The van der Waals surface area contributed by atoms with Crippen LogP contribution >= 0.6 is 24.0 Å². The summed E-state index contributed by atoms with van der Waals surface area (Å²) >= 11 is 0. The summed E-state index contributed by atoms with van der Waals surface area (Å²) in [6, 6.07) is 6.42. The molecule has 1 aliphatic rings. The number of ether oxygens (including phenoxy) is 1. The van der Waals surface area contributed by atoms with Gasteiger partial charge in [0.1, 0.15) is 0 Å². The van der Waals surface area contributed by atoms with E-state index in [0.29, 0.717) is 12.5 Å². The Morgan fingerprint density at radius 3 is 2.84 bits per heavy atom. The van der Waals surface area contributed by atoms with Crippen LogP contribution in [0.5, 0.6) is 5.88 Å². The number of aromatic nitrogens is 2. The third-order valence-electron chi connectivity index (χ3n) is 4.48. The number of fused-ring (bicyclic) bond motifs is 1. The maximum Gasteiger partial charge on any atom is 0.216 e. The fraction of sp³-hybridized carbons (Fsp3) is 0.444. The van der Waals surface area contributed by atoms with E-state index in [1.807, 2.05) is 7.05 Å². The van der Waals surface area contributed by atoms with Crippen molar-refractivity contribution in [2.24, 2.45) is 17.8 Å². The number of nitrogens with zero attached hydrogens (tertiary/aromatic N) is 3. The van der Waals surface area contributed by atoms with Crippen molar-refractivity contribution in [2.45, 2.75) is 39.2 Å². The van der Waals surface area contributed by atoms with Gasteiger partial charge in [0.25, 0.3) is 0 Å². The van der Waals surface area contributed by atoms with E-state index in [-0.39, 0.29) is 24.0 Å². The fourth-order valence-electron chi connectivity index (χ4n) is 3.31. The number of aryl methyl sites for hydroxylation is 4. The van der Waals surface area contributed by atoms with E-state index in [1.54, 1.807) is 11.8 Å². The molecule has 0 unspecified atom stereocenters. The second-order valence-corrected chi connectivity index (χ2v) is 6.08. The van der Waals surface area contributed by atoms with Gasteiger partial charge in [0.15, 0.2) is 5.96 Å². The highest BCUT2D eigenvalue weighted by molar-refractivity contribution is 14.0. The lowest BCUT2D eigenvalue weighted by atomic mass is 10.1. The third kappa shape index (κ3) is 4.26. The summed E-state index contributed by atoms with van der Waals surface area (Å²) in [7, 11) is 3.52. The molecular weight excluding hydrogens is 429 g/mol. The van der Waals surface area contributed by atoms with E-state index in [2.05, 4.69) is 40.5 Å². The summed E-state index contributed by atoms with van der Waals surface area (Å²) in [6.45, 7) is 2.52. The Morgan fingerprint density at radius 1 is 1.36 bits per heavy atom. The lowest BCUT2D eigenvalue weighted by Crippen LogP contribution is -2.22. The standard InChI is InChI=1S/C18H25N5O.HI/c1-4-16-15(17(24-3)23(2)22-16)11-20-18(19)21-14-9-8-12-6-5-7-13(12)10-14;/h8-10H,4-7,11H2,1-3H3,(H3,19,20,21);1H. The monoisotopic (exact) mass is 455 g/mol. The lowest BCUT2D eigenvalue weighted by molar-refractivity contribution is 0.369. The van der Waals surface area contributed by atoms with Gasteiger partial charge < -0.3 is 15.8 Å². The van der Waals surface area contributed by atoms with E-state index >= 15 is 0 Å². The molecule has 6 nitrogen and oxygen atoms in total. The van der Waals surface area contributed by atoms with Gasteiger partial charge in [-0.05, 0) is 48.9 Å². The molecule has 0 bridgehead atoms. The number of hydrogen-bond donors (Lipinski definition) is 2. The molecule has 0 amide bonds. The molecule has 0 spiro atoms. The van der Waals surface area contributed by atoms with Gasteiger partial charge in [-0.3, -0.25) is 0 Å². The predicted molar refractivity (Wildman–Crippen MR) is 112 cm³/mol. The molecule has 1 aromatic heterocycles. The zero-order valence-electron chi connectivity index (χ0n) is 15.0. The van der Waals surface area contributed by atoms with Gasteiger partial charge in [0, 0.05) is 12.7 Å². The van der Waals surface area contributed by atoms with Crippen LogP contribution in [0.25, 0.3) is 0 Å². The Morgan fingerprint density at radius 2 is 2.12 bits per heavy atom. The quantitative estimate of drug-likeness (QED) is 0.413. The van der Waals surface area contributed by atoms with Crippen molar-refractivity contribution >= 4 is 35.6 Å². The van der Waals surface area contributed by atoms with Crippen LogP contribution in [-0.2, 0) is 32.9 Å². The molecule has 3 N–H and O–H groups in total. The van der Waals surface area contributed by atoms with Gasteiger partial charge in [-0.25, -0.2) is 9.67 Å². The van der Waals surface area contributed by atoms with Crippen molar-refractivity contribution in [3.05, 3.63) is 40.6 Å². The average Bonchev–Trinajstić information content (AvgIpc) is 3.15. The number of nitrogens with two attached hydrogens (primary N) is 1. The Hall–Kier alpha value is -1.77. The zero-order valence-corrected chi connectivity index (χ0v) is 17.3. The van der Waals surface area contributed by atoms with Crippen LogP contribution in [0.1, 0.15) is 35.7 Å². The third-order valence-corrected chi connectivity index (χ3v) is 4.48. The summed E-state index contributed by atoms with van der Waals surface area (Å²) < 4.78 is 7.17.